The molecular weight excluding hydrogens is 230 g/mol. The van der Waals surface area contributed by atoms with Gasteiger partial charge < -0.3 is 16.8 Å². The van der Waals surface area contributed by atoms with Crippen molar-refractivity contribution in [3.05, 3.63) is 0 Å². The molecule has 0 unspecified atom stereocenters. The number of nitrogens with two attached hydrogens (primary N) is 2. The zero-order valence-electron chi connectivity index (χ0n) is 12.0. The lowest BCUT2D eigenvalue weighted by atomic mass is 9.93. The lowest BCUT2D eigenvalue weighted by Crippen LogP contribution is -2.46. The Morgan fingerprint density at radius 2 is 1.83 bits per heavy atom. The maximum Gasteiger partial charge on any atom is 0.220 e. The van der Waals surface area contributed by atoms with Gasteiger partial charge in [-0.2, -0.15) is 0 Å². The highest BCUT2D eigenvalue weighted by molar-refractivity contribution is 5.79. The molecule has 0 bridgehead atoms. The van der Waals surface area contributed by atoms with Crippen LogP contribution >= 0.6 is 0 Å². The van der Waals surface area contributed by atoms with Gasteiger partial charge in [0.15, 0.2) is 0 Å². The van der Waals surface area contributed by atoms with Gasteiger partial charge in [0.05, 0.1) is 0 Å². The van der Waals surface area contributed by atoms with E-state index >= 15 is 0 Å². The van der Waals surface area contributed by atoms with E-state index in [9.17, 15) is 9.59 Å². The molecule has 0 aliphatic rings. The van der Waals surface area contributed by atoms with Crippen LogP contribution in [0.25, 0.3) is 0 Å². The molecule has 106 valence electrons. The molecule has 0 spiro atoms. The highest BCUT2D eigenvalue weighted by Crippen LogP contribution is 2.15. The molecule has 5 N–H and O–H groups in total. The summed E-state index contributed by atoms with van der Waals surface area (Å²) < 4.78 is 0. The molecule has 0 fully saturated rings. The molecule has 5 nitrogen and oxygen atoms in total. The topological polar surface area (TPSA) is 98.2 Å². The Balaban J connectivity index is 4.27. The van der Waals surface area contributed by atoms with E-state index < -0.39 is 11.4 Å². The van der Waals surface area contributed by atoms with Crippen LogP contribution in [0.2, 0.25) is 0 Å². The van der Waals surface area contributed by atoms with Gasteiger partial charge >= 0.3 is 0 Å². The fourth-order valence-corrected chi connectivity index (χ4v) is 2.10. The van der Waals surface area contributed by atoms with E-state index in [-0.39, 0.29) is 18.2 Å². The van der Waals surface area contributed by atoms with Crippen molar-refractivity contribution in [3.8, 4) is 0 Å². The molecule has 0 radical (unpaired) electrons. The zero-order chi connectivity index (χ0) is 14.3. The number of carbonyl (C=O) groups is 2. The number of rotatable bonds is 8. The van der Waals surface area contributed by atoms with Crippen molar-refractivity contribution in [2.45, 2.75) is 52.5 Å². The number of primary amides is 1. The Hall–Kier alpha value is -1.10. The molecule has 18 heavy (non-hydrogen) atoms. The third-order valence-electron chi connectivity index (χ3n) is 2.71. The standard InChI is InChI=1S/C13H27N3O2/c1-9(2)5-10(8-14)6-12(18)16-13(3,4)7-11(15)17/h9-10H,5-8,14H2,1-4H3,(H2,15,17)(H,16,18)/t10-/m0/s1. The van der Waals surface area contributed by atoms with Crippen LogP contribution in [0.1, 0.15) is 47.0 Å². The summed E-state index contributed by atoms with van der Waals surface area (Å²) in [6.07, 6.45) is 1.47. The lowest BCUT2D eigenvalue weighted by Gasteiger charge is -2.26. The summed E-state index contributed by atoms with van der Waals surface area (Å²) in [6, 6.07) is 0. The number of hydrogen-bond donors (Lipinski definition) is 3. The van der Waals surface area contributed by atoms with E-state index in [0.29, 0.717) is 18.9 Å². The van der Waals surface area contributed by atoms with Crippen LogP contribution in [0.4, 0.5) is 0 Å². The van der Waals surface area contributed by atoms with Gasteiger partial charge in [-0.05, 0) is 38.6 Å². The quantitative estimate of drug-likeness (QED) is 0.599. The summed E-state index contributed by atoms with van der Waals surface area (Å²) >= 11 is 0. The van der Waals surface area contributed by atoms with Gasteiger partial charge in [0.2, 0.25) is 11.8 Å². The largest absolute Gasteiger partial charge is 0.370 e. The highest BCUT2D eigenvalue weighted by atomic mass is 16.2. The van der Waals surface area contributed by atoms with Crippen LogP contribution in [-0.2, 0) is 9.59 Å². The Morgan fingerprint density at radius 1 is 1.28 bits per heavy atom. The maximum atomic E-state index is 11.9. The van der Waals surface area contributed by atoms with E-state index in [4.69, 9.17) is 11.5 Å². The van der Waals surface area contributed by atoms with Gasteiger partial charge in [0.1, 0.15) is 0 Å². The van der Waals surface area contributed by atoms with Crippen molar-refractivity contribution in [2.75, 3.05) is 6.54 Å². The normalized spacial score (nSPS) is 13.4. The second-order valence-corrected chi connectivity index (χ2v) is 6.01. The Morgan fingerprint density at radius 3 is 2.22 bits per heavy atom. The number of hydrogen-bond acceptors (Lipinski definition) is 3. The van der Waals surface area contributed by atoms with Crippen molar-refractivity contribution < 1.29 is 9.59 Å². The van der Waals surface area contributed by atoms with Crippen molar-refractivity contribution in [2.24, 2.45) is 23.3 Å². The summed E-state index contributed by atoms with van der Waals surface area (Å²) in [4.78, 5) is 22.7. The molecule has 0 saturated carbocycles. The number of amides is 2. The lowest BCUT2D eigenvalue weighted by molar-refractivity contribution is -0.124. The van der Waals surface area contributed by atoms with Crippen LogP contribution in [-0.4, -0.2) is 23.9 Å². The first-order chi connectivity index (χ1) is 8.16. The molecule has 0 heterocycles. The smallest absolute Gasteiger partial charge is 0.220 e. The van der Waals surface area contributed by atoms with E-state index in [0.717, 1.165) is 6.42 Å². The third-order valence-corrected chi connectivity index (χ3v) is 2.71. The number of nitrogens with one attached hydrogen (secondary N) is 1. The average Bonchev–Trinajstić information content (AvgIpc) is 2.12. The molecule has 0 rings (SSSR count). The summed E-state index contributed by atoms with van der Waals surface area (Å²) in [5.41, 5.74) is 10.2. The van der Waals surface area contributed by atoms with E-state index in [1.165, 1.54) is 0 Å². The van der Waals surface area contributed by atoms with Gasteiger partial charge in [-0.15, -0.1) is 0 Å². The van der Waals surface area contributed by atoms with Crippen LogP contribution in [0.5, 0.6) is 0 Å². The van der Waals surface area contributed by atoms with Crippen molar-refractivity contribution in [1.82, 2.24) is 5.32 Å². The first-order valence-corrected chi connectivity index (χ1v) is 6.45. The minimum absolute atomic E-state index is 0.0719. The molecule has 0 aliphatic carbocycles. The predicted octanol–water partition coefficient (Wildman–Crippen LogP) is 0.768. The van der Waals surface area contributed by atoms with Crippen molar-refractivity contribution >= 4 is 11.8 Å². The molecule has 0 aromatic heterocycles. The van der Waals surface area contributed by atoms with Crippen LogP contribution in [0.15, 0.2) is 0 Å². The molecule has 0 aromatic rings. The second kappa shape index (κ2) is 7.36. The van der Waals surface area contributed by atoms with E-state index in [2.05, 4.69) is 19.2 Å². The van der Waals surface area contributed by atoms with Gasteiger partial charge in [-0.25, -0.2) is 0 Å². The summed E-state index contributed by atoms with van der Waals surface area (Å²) in [6.45, 7) is 8.29. The van der Waals surface area contributed by atoms with Gasteiger partial charge in [-0.3, -0.25) is 9.59 Å². The first-order valence-electron chi connectivity index (χ1n) is 6.45. The predicted molar refractivity (Wildman–Crippen MR) is 72.6 cm³/mol. The summed E-state index contributed by atoms with van der Waals surface area (Å²) in [5, 5.41) is 2.83. The molecule has 0 saturated heterocycles. The van der Waals surface area contributed by atoms with Crippen LogP contribution < -0.4 is 16.8 Å². The van der Waals surface area contributed by atoms with Crippen molar-refractivity contribution in [1.29, 1.82) is 0 Å². The Kier molecular flexibility index (Phi) is 6.91. The molecule has 2 amide bonds. The molecule has 0 aromatic carbocycles. The van der Waals surface area contributed by atoms with Crippen molar-refractivity contribution in [3.63, 3.8) is 0 Å². The Bertz CT molecular complexity index is 288. The monoisotopic (exact) mass is 257 g/mol. The second-order valence-electron chi connectivity index (χ2n) is 6.01. The summed E-state index contributed by atoms with van der Waals surface area (Å²) in [5.74, 6) is 0.217. The molecule has 5 heteroatoms. The van der Waals surface area contributed by atoms with Crippen LogP contribution in [0, 0.1) is 11.8 Å². The van der Waals surface area contributed by atoms with E-state index in [1.54, 1.807) is 13.8 Å². The first kappa shape index (κ1) is 16.9. The van der Waals surface area contributed by atoms with E-state index in [1.807, 2.05) is 0 Å². The minimum atomic E-state index is -0.597. The van der Waals surface area contributed by atoms with Gasteiger partial charge in [0.25, 0.3) is 0 Å². The highest BCUT2D eigenvalue weighted by Gasteiger charge is 2.24. The Labute approximate surface area is 110 Å². The molecule has 1 atom stereocenters. The third kappa shape index (κ3) is 8.06. The summed E-state index contributed by atoms with van der Waals surface area (Å²) in [7, 11) is 0. The molecule has 0 aliphatic heterocycles. The zero-order valence-corrected chi connectivity index (χ0v) is 12.0. The SMILES string of the molecule is CC(C)C[C@H](CN)CC(=O)NC(C)(C)CC(N)=O. The van der Waals surface area contributed by atoms with Gasteiger partial charge in [-0.1, -0.05) is 13.8 Å². The fourth-order valence-electron chi connectivity index (χ4n) is 2.10. The average molecular weight is 257 g/mol. The van der Waals surface area contributed by atoms with Crippen LogP contribution in [0.3, 0.4) is 0 Å². The number of carbonyl (C=O) groups excluding carboxylic acids is 2. The van der Waals surface area contributed by atoms with Gasteiger partial charge in [0, 0.05) is 18.4 Å². The minimum Gasteiger partial charge on any atom is -0.370 e. The molecular formula is C13H27N3O2. The fraction of sp³-hybridized carbons (Fsp3) is 0.846. The maximum absolute atomic E-state index is 11.9.